The summed E-state index contributed by atoms with van der Waals surface area (Å²) in [6, 6.07) is 9.99. The number of aromatic hydroxyl groups is 1. The lowest BCUT2D eigenvalue weighted by molar-refractivity contribution is -0.113. The van der Waals surface area contributed by atoms with Crippen LogP contribution >= 0.6 is 22.6 Å². The Labute approximate surface area is 192 Å². The van der Waals surface area contributed by atoms with Gasteiger partial charge in [-0.1, -0.05) is 6.07 Å². The summed E-state index contributed by atoms with van der Waals surface area (Å²) in [6.07, 6.45) is 3.25. The monoisotopic (exact) mass is 551 g/mol. The number of halogens is 1. The molecule has 8 nitrogen and oxygen atoms in total. The third-order valence-electron chi connectivity index (χ3n) is 4.85. The van der Waals surface area contributed by atoms with Crippen molar-refractivity contribution in [3.8, 4) is 5.75 Å². The smallest absolute Gasteiger partial charge is 0.286 e. The molecule has 0 aliphatic carbocycles. The molecule has 2 heterocycles. The van der Waals surface area contributed by atoms with Crippen LogP contribution in [0.5, 0.6) is 5.75 Å². The minimum Gasteiger partial charge on any atom is -0.508 e. The van der Waals surface area contributed by atoms with E-state index in [0.29, 0.717) is 18.0 Å². The van der Waals surface area contributed by atoms with Gasteiger partial charge in [0.1, 0.15) is 16.9 Å². The summed E-state index contributed by atoms with van der Waals surface area (Å²) in [5.74, 6) is -0.537. The van der Waals surface area contributed by atoms with Gasteiger partial charge in [0.25, 0.3) is 10.0 Å². The van der Waals surface area contributed by atoms with E-state index in [0.717, 1.165) is 14.7 Å². The van der Waals surface area contributed by atoms with Crippen LogP contribution in [-0.4, -0.2) is 30.1 Å². The molecule has 4 rings (SSSR count). The molecule has 1 aromatic heterocycles. The number of aryl methyl sites for hydroxylation is 1. The maximum atomic E-state index is 12.8. The van der Waals surface area contributed by atoms with Crippen LogP contribution in [0.25, 0.3) is 0 Å². The molecule has 2 N–H and O–H groups in total. The van der Waals surface area contributed by atoms with Crippen LogP contribution in [-0.2, 0) is 14.8 Å². The highest BCUT2D eigenvalue weighted by molar-refractivity contribution is 14.1. The van der Waals surface area contributed by atoms with Crippen LogP contribution in [0.15, 0.2) is 62.6 Å². The number of hydrogen-bond acceptors (Lipinski definition) is 7. The first-order valence-electron chi connectivity index (χ1n) is 9.37. The molecule has 1 aliphatic rings. The zero-order chi connectivity index (χ0) is 22.2. The van der Waals surface area contributed by atoms with Crippen LogP contribution < -0.4 is 5.32 Å². The van der Waals surface area contributed by atoms with Gasteiger partial charge in [0, 0.05) is 9.99 Å². The van der Waals surface area contributed by atoms with Gasteiger partial charge < -0.3 is 14.8 Å². The van der Waals surface area contributed by atoms with Crippen LogP contribution in [0.1, 0.15) is 35.8 Å². The van der Waals surface area contributed by atoms with E-state index >= 15 is 0 Å². The third kappa shape index (κ3) is 4.64. The molecule has 0 spiro atoms. The van der Waals surface area contributed by atoms with E-state index in [4.69, 9.17) is 4.42 Å². The lowest BCUT2D eigenvalue weighted by Crippen LogP contribution is -2.29. The van der Waals surface area contributed by atoms with Gasteiger partial charge in [-0.3, -0.25) is 4.79 Å². The number of hydrogen-bond donors (Lipinski definition) is 2. The van der Waals surface area contributed by atoms with E-state index in [1.165, 1.54) is 18.5 Å². The number of benzene rings is 2. The Hall–Kier alpha value is -2.73. The first kappa shape index (κ1) is 21.5. The van der Waals surface area contributed by atoms with Crippen molar-refractivity contribution < 1.29 is 22.7 Å². The minimum absolute atomic E-state index is 0.00278. The predicted molar refractivity (Wildman–Crippen MR) is 123 cm³/mol. The number of nitrogens with zero attached hydrogens (tertiary/aromatic N) is 2. The number of Topliss-reactive ketones (excluding diaryl/α,β-unsaturated/α-hetero) is 1. The number of carbonyl (C=O) groups excluding carboxylic acids is 1. The predicted octanol–water partition coefficient (Wildman–Crippen LogP) is 3.99. The number of ketones is 1. The second-order valence-electron chi connectivity index (χ2n) is 7.17. The number of fused-ring (bicyclic) bond motifs is 1. The van der Waals surface area contributed by atoms with Crippen molar-refractivity contribution in [1.29, 1.82) is 0 Å². The van der Waals surface area contributed by atoms with E-state index in [1.54, 1.807) is 24.3 Å². The fourth-order valence-electron chi connectivity index (χ4n) is 3.48. The number of oxazole rings is 1. The van der Waals surface area contributed by atoms with E-state index in [1.807, 2.05) is 35.6 Å². The van der Waals surface area contributed by atoms with Gasteiger partial charge in [0.15, 0.2) is 11.6 Å². The van der Waals surface area contributed by atoms with Crippen molar-refractivity contribution in [2.45, 2.75) is 30.6 Å². The van der Waals surface area contributed by atoms with Gasteiger partial charge in [-0.25, -0.2) is 4.98 Å². The standard InChI is InChI=1S/C21H18IN3O5S/c1-12-8-13(10-15(26)9-12)16(21-23-6-7-30-21)3-5-18(27)20-24-17-4-2-14(22)11-19(17)31(28,29)25-20/h2,4,6-11,16,26H,3,5H2,1H3,(H,24,25). The lowest BCUT2D eigenvalue weighted by Gasteiger charge is -2.19. The van der Waals surface area contributed by atoms with E-state index < -0.39 is 15.8 Å². The molecule has 0 amide bonds. The summed E-state index contributed by atoms with van der Waals surface area (Å²) in [6.45, 7) is 1.85. The van der Waals surface area contributed by atoms with Gasteiger partial charge in [-0.2, -0.15) is 8.42 Å². The molecular weight excluding hydrogens is 533 g/mol. The number of rotatable bonds is 6. The van der Waals surface area contributed by atoms with Crippen molar-refractivity contribution in [3.05, 3.63) is 69.4 Å². The molecule has 31 heavy (non-hydrogen) atoms. The van der Waals surface area contributed by atoms with Crippen molar-refractivity contribution in [2.24, 2.45) is 4.40 Å². The average Bonchev–Trinajstić information content (AvgIpc) is 3.22. The average molecular weight is 551 g/mol. The molecule has 3 aromatic rings. The molecule has 0 radical (unpaired) electrons. The van der Waals surface area contributed by atoms with Crippen molar-refractivity contribution in [1.82, 2.24) is 4.98 Å². The lowest BCUT2D eigenvalue weighted by atomic mass is 9.91. The van der Waals surface area contributed by atoms with E-state index in [9.17, 15) is 18.3 Å². The van der Waals surface area contributed by atoms with Crippen LogP contribution in [0.3, 0.4) is 0 Å². The first-order valence-corrected chi connectivity index (χ1v) is 11.9. The maximum Gasteiger partial charge on any atom is 0.286 e. The number of aromatic nitrogens is 1. The van der Waals surface area contributed by atoms with Crippen LogP contribution in [0.2, 0.25) is 0 Å². The number of phenolic OH excluding ortho intramolecular Hbond substituents is 1. The number of anilines is 1. The fraction of sp³-hybridized carbons (Fsp3) is 0.190. The zero-order valence-electron chi connectivity index (χ0n) is 16.4. The number of nitrogens with one attached hydrogen (secondary N) is 1. The largest absolute Gasteiger partial charge is 0.508 e. The van der Waals surface area contributed by atoms with Gasteiger partial charge in [-0.05, 0) is 77.4 Å². The number of carbonyl (C=O) groups is 1. The summed E-state index contributed by atoms with van der Waals surface area (Å²) < 4.78 is 34.9. The third-order valence-corrected chi connectivity index (χ3v) is 6.83. The summed E-state index contributed by atoms with van der Waals surface area (Å²) in [5, 5.41) is 12.8. The van der Waals surface area contributed by atoms with Crippen molar-refractivity contribution in [2.75, 3.05) is 5.32 Å². The molecule has 0 fully saturated rings. The number of amidine groups is 1. The molecule has 1 unspecified atom stereocenters. The minimum atomic E-state index is -3.97. The van der Waals surface area contributed by atoms with Gasteiger partial charge >= 0.3 is 0 Å². The Balaban J connectivity index is 1.58. The highest BCUT2D eigenvalue weighted by Gasteiger charge is 2.29. The van der Waals surface area contributed by atoms with Crippen molar-refractivity contribution >= 4 is 49.9 Å². The normalized spacial score (nSPS) is 15.5. The molecule has 0 bridgehead atoms. The number of sulfonamides is 1. The first-order chi connectivity index (χ1) is 14.7. The Morgan fingerprint density at radius 3 is 2.77 bits per heavy atom. The Morgan fingerprint density at radius 1 is 1.26 bits per heavy atom. The van der Waals surface area contributed by atoms with Gasteiger partial charge in [-0.15, -0.1) is 4.40 Å². The summed E-state index contributed by atoms with van der Waals surface area (Å²) >= 11 is 2.02. The Morgan fingerprint density at radius 2 is 2.06 bits per heavy atom. The maximum absolute atomic E-state index is 12.8. The molecule has 1 atom stereocenters. The second kappa shape index (κ2) is 8.42. The molecule has 0 saturated heterocycles. The van der Waals surface area contributed by atoms with E-state index in [-0.39, 0.29) is 28.8 Å². The highest BCUT2D eigenvalue weighted by atomic mass is 127. The molecular formula is C21H18IN3O5S. The molecule has 0 saturated carbocycles. The molecule has 1 aliphatic heterocycles. The summed E-state index contributed by atoms with van der Waals surface area (Å²) in [4.78, 5) is 17.1. The number of phenols is 1. The highest BCUT2D eigenvalue weighted by Crippen LogP contribution is 2.32. The summed E-state index contributed by atoms with van der Waals surface area (Å²) in [5.41, 5.74) is 1.93. The Kier molecular flexibility index (Phi) is 5.84. The zero-order valence-corrected chi connectivity index (χ0v) is 19.3. The van der Waals surface area contributed by atoms with Gasteiger partial charge in [0.05, 0.1) is 17.8 Å². The molecule has 160 valence electrons. The second-order valence-corrected chi connectivity index (χ2v) is 9.99. The van der Waals surface area contributed by atoms with Crippen molar-refractivity contribution in [3.63, 3.8) is 0 Å². The van der Waals surface area contributed by atoms with E-state index in [2.05, 4.69) is 14.7 Å². The fourth-order valence-corrected chi connectivity index (χ4v) is 5.34. The quantitative estimate of drug-likeness (QED) is 0.445. The summed E-state index contributed by atoms with van der Waals surface area (Å²) in [7, 11) is -3.97. The van der Waals surface area contributed by atoms with Crippen LogP contribution in [0, 0.1) is 10.5 Å². The Bertz CT molecular complexity index is 1270. The SMILES string of the molecule is Cc1cc(O)cc(C(CCC(=O)C2=NS(=O)(=O)c3cc(I)ccc3N2)c2ncco2)c1. The van der Waals surface area contributed by atoms with Gasteiger partial charge in [0.2, 0.25) is 5.89 Å². The molecule has 2 aromatic carbocycles. The topological polar surface area (TPSA) is 122 Å². The van der Waals surface area contributed by atoms with Crippen LogP contribution in [0.4, 0.5) is 5.69 Å². The molecule has 10 heteroatoms.